The first-order valence-corrected chi connectivity index (χ1v) is 16.6. The number of carbonyl (C=O) groups excluding carboxylic acids is 2. The van der Waals surface area contributed by atoms with Crippen molar-refractivity contribution in [2.75, 3.05) is 45.2 Å². The molecule has 0 aliphatic carbocycles. The van der Waals surface area contributed by atoms with Gasteiger partial charge in [-0.1, -0.05) is 54.4 Å². The lowest BCUT2D eigenvalue weighted by Crippen LogP contribution is -2.57. The number of urea groups is 1. The monoisotopic (exact) mass is 641 g/mol. The van der Waals surface area contributed by atoms with Crippen LogP contribution in [0.25, 0.3) is 10.9 Å². The van der Waals surface area contributed by atoms with Crippen LogP contribution >= 0.6 is 11.6 Å². The normalized spacial score (nSPS) is 18.3. The Labute approximate surface area is 276 Å². The van der Waals surface area contributed by atoms with Crippen LogP contribution in [0.2, 0.25) is 5.02 Å². The molecule has 3 heterocycles. The molecule has 1 aromatic heterocycles. The number of hydrogen-bond donors (Lipinski definition) is 2. The third-order valence-electron chi connectivity index (χ3n) is 9.38. The molecule has 46 heavy (non-hydrogen) atoms. The number of ether oxygens (including phenoxy) is 1. The Morgan fingerprint density at radius 1 is 1.07 bits per heavy atom. The highest BCUT2D eigenvalue weighted by molar-refractivity contribution is 6.30. The Morgan fingerprint density at radius 2 is 1.80 bits per heavy atom. The van der Waals surface area contributed by atoms with E-state index in [0.29, 0.717) is 24.7 Å². The number of rotatable bonds is 8. The number of aromatic nitrogens is 1. The van der Waals surface area contributed by atoms with Crippen LogP contribution < -0.4 is 15.0 Å². The fraction of sp³-hybridized carbons (Fsp3) is 0.405. The van der Waals surface area contributed by atoms with Gasteiger partial charge >= 0.3 is 6.03 Å². The average molecular weight is 642 g/mol. The van der Waals surface area contributed by atoms with E-state index in [1.165, 1.54) is 5.56 Å². The summed E-state index contributed by atoms with van der Waals surface area (Å²) in [5.74, 6) is 0.676. The number of aromatic amines is 1. The summed E-state index contributed by atoms with van der Waals surface area (Å²) in [7, 11) is 4.10. The topological polar surface area (TPSA) is 80.9 Å². The summed E-state index contributed by atoms with van der Waals surface area (Å²) >= 11 is 6.42. The summed E-state index contributed by atoms with van der Waals surface area (Å²) in [5, 5.41) is 4.91. The average Bonchev–Trinajstić information content (AvgIpc) is 3.48. The molecule has 0 spiro atoms. The summed E-state index contributed by atoms with van der Waals surface area (Å²) in [4.78, 5) is 37.9. The lowest BCUT2D eigenvalue weighted by atomic mass is 9.88. The molecular formula is C37H44ClN5O3. The van der Waals surface area contributed by atoms with Crippen molar-refractivity contribution in [1.29, 1.82) is 0 Å². The van der Waals surface area contributed by atoms with Gasteiger partial charge in [0.2, 0.25) is 5.91 Å². The second kappa shape index (κ2) is 13.8. The van der Waals surface area contributed by atoms with Crippen molar-refractivity contribution in [3.63, 3.8) is 0 Å². The molecule has 2 N–H and O–H groups in total. The number of benzene rings is 3. The molecule has 2 aliphatic rings. The number of halogens is 1. The van der Waals surface area contributed by atoms with E-state index in [1.807, 2.05) is 83.6 Å². The summed E-state index contributed by atoms with van der Waals surface area (Å²) in [6, 6.07) is 20.9. The van der Waals surface area contributed by atoms with E-state index in [9.17, 15) is 9.59 Å². The number of para-hydroxylation sites is 1. The minimum absolute atomic E-state index is 0.0413. The molecule has 0 bridgehead atoms. The molecule has 242 valence electrons. The van der Waals surface area contributed by atoms with Crippen LogP contribution in [0.1, 0.15) is 42.4 Å². The van der Waals surface area contributed by atoms with Gasteiger partial charge in [-0.15, -0.1) is 0 Å². The van der Waals surface area contributed by atoms with Crippen LogP contribution in [0, 0.1) is 12.8 Å². The molecule has 0 saturated carbocycles. The van der Waals surface area contributed by atoms with E-state index in [1.54, 1.807) is 0 Å². The van der Waals surface area contributed by atoms with Gasteiger partial charge in [-0.2, -0.15) is 0 Å². The zero-order valence-electron chi connectivity index (χ0n) is 27.1. The predicted molar refractivity (Wildman–Crippen MR) is 185 cm³/mol. The van der Waals surface area contributed by atoms with Crippen molar-refractivity contribution < 1.29 is 14.3 Å². The summed E-state index contributed by atoms with van der Waals surface area (Å²) in [6.45, 7) is 6.61. The molecule has 2 aliphatic heterocycles. The fourth-order valence-corrected chi connectivity index (χ4v) is 7.18. The van der Waals surface area contributed by atoms with E-state index >= 15 is 0 Å². The Hall–Kier alpha value is -4.01. The number of hydrogen-bond acceptors (Lipinski definition) is 4. The van der Waals surface area contributed by atoms with E-state index in [0.717, 1.165) is 59.3 Å². The molecule has 1 saturated heterocycles. The molecule has 6 rings (SSSR count). The van der Waals surface area contributed by atoms with Crippen LogP contribution in [-0.4, -0.2) is 79.1 Å². The number of amides is 3. The standard InChI is InChI=1S/C37H44ClN5O3/c1-24-9-12-29(13-10-24)46-30-15-17-42(18-16-30)37(45)40-35(25(2)32-21-39-33-8-6-5-7-31(32)33)36(44)43-23-26(22-41(3)4)19-27-20-28(38)11-14-34(27)43/h5-14,20-21,25-26,30,35,39H,15-19,22-23H2,1-4H3,(H,40,45)/t25-,26+,35+/m0/s1. The molecular weight excluding hydrogens is 598 g/mol. The Kier molecular flexibility index (Phi) is 9.57. The third kappa shape index (κ3) is 7.03. The molecule has 4 aromatic rings. The predicted octanol–water partition coefficient (Wildman–Crippen LogP) is 6.62. The number of fused-ring (bicyclic) bond motifs is 2. The molecule has 3 aromatic carbocycles. The van der Waals surface area contributed by atoms with Crippen molar-refractivity contribution >= 4 is 40.1 Å². The molecule has 3 atom stereocenters. The van der Waals surface area contributed by atoms with Gasteiger partial charge in [0.25, 0.3) is 0 Å². The van der Waals surface area contributed by atoms with Crippen LogP contribution in [0.4, 0.5) is 10.5 Å². The molecule has 0 unspecified atom stereocenters. The number of carbonyl (C=O) groups is 2. The maximum absolute atomic E-state index is 14.8. The quantitative estimate of drug-likeness (QED) is 0.227. The highest BCUT2D eigenvalue weighted by Crippen LogP contribution is 2.35. The van der Waals surface area contributed by atoms with E-state index in [4.69, 9.17) is 16.3 Å². The number of likely N-dealkylation sites (tertiary alicyclic amines) is 1. The summed E-state index contributed by atoms with van der Waals surface area (Å²) < 4.78 is 6.21. The number of H-pyrrole nitrogens is 1. The molecule has 3 amide bonds. The highest BCUT2D eigenvalue weighted by atomic mass is 35.5. The molecule has 0 radical (unpaired) electrons. The lowest BCUT2D eigenvalue weighted by Gasteiger charge is -2.39. The van der Waals surface area contributed by atoms with E-state index in [2.05, 4.69) is 42.3 Å². The second-order valence-electron chi connectivity index (χ2n) is 13.2. The van der Waals surface area contributed by atoms with Crippen molar-refractivity contribution in [2.24, 2.45) is 5.92 Å². The zero-order chi connectivity index (χ0) is 32.4. The van der Waals surface area contributed by atoms with Crippen molar-refractivity contribution in [3.05, 3.63) is 94.6 Å². The van der Waals surface area contributed by atoms with Gasteiger partial charge in [0, 0.05) is 72.7 Å². The van der Waals surface area contributed by atoms with Crippen molar-refractivity contribution in [1.82, 2.24) is 20.1 Å². The van der Waals surface area contributed by atoms with Crippen molar-refractivity contribution in [2.45, 2.75) is 51.2 Å². The first kappa shape index (κ1) is 32.0. The second-order valence-corrected chi connectivity index (χ2v) is 13.6. The van der Waals surface area contributed by atoms with E-state index < -0.39 is 6.04 Å². The fourth-order valence-electron chi connectivity index (χ4n) is 6.99. The Morgan fingerprint density at radius 3 is 2.54 bits per heavy atom. The smallest absolute Gasteiger partial charge is 0.318 e. The van der Waals surface area contributed by atoms with Crippen LogP contribution in [0.5, 0.6) is 5.75 Å². The third-order valence-corrected chi connectivity index (χ3v) is 9.62. The largest absolute Gasteiger partial charge is 0.490 e. The van der Waals surface area contributed by atoms with E-state index in [-0.39, 0.29) is 29.9 Å². The number of aryl methyl sites for hydroxylation is 1. The van der Waals surface area contributed by atoms with Gasteiger partial charge in [0.15, 0.2) is 0 Å². The Bertz CT molecular complexity index is 1680. The SMILES string of the molecule is Cc1ccc(OC2CCN(C(=O)N[C@@H](C(=O)N3C[C@@H](CN(C)C)Cc4cc(Cl)ccc43)[C@@H](C)c3c[nH]c4ccccc34)CC2)cc1. The maximum Gasteiger partial charge on any atom is 0.318 e. The van der Waals surface area contributed by atoms with Gasteiger partial charge in [-0.3, -0.25) is 4.79 Å². The summed E-state index contributed by atoms with van der Waals surface area (Å²) in [6.07, 6.45) is 4.30. The van der Waals surface area contributed by atoms with Gasteiger partial charge < -0.3 is 29.7 Å². The zero-order valence-corrected chi connectivity index (χ0v) is 27.9. The van der Waals surface area contributed by atoms with Gasteiger partial charge in [-0.05, 0) is 80.9 Å². The maximum atomic E-state index is 14.8. The van der Waals surface area contributed by atoms with Gasteiger partial charge in [0.1, 0.15) is 17.9 Å². The Balaban J connectivity index is 1.24. The first-order chi connectivity index (χ1) is 22.2. The highest BCUT2D eigenvalue weighted by Gasteiger charge is 2.38. The number of nitrogens with zero attached hydrogens (tertiary/aromatic N) is 3. The minimum atomic E-state index is -0.783. The number of nitrogens with one attached hydrogen (secondary N) is 2. The molecule has 8 nitrogen and oxygen atoms in total. The van der Waals surface area contributed by atoms with Crippen molar-refractivity contribution in [3.8, 4) is 5.75 Å². The van der Waals surface area contributed by atoms with Crippen LogP contribution in [-0.2, 0) is 11.2 Å². The summed E-state index contributed by atoms with van der Waals surface area (Å²) in [5.41, 5.74) is 5.11. The lowest BCUT2D eigenvalue weighted by molar-refractivity contribution is -0.121. The minimum Gasteiger partial charge on any atom is -0.490 e. The van der Waals surface area contributed by atoms with Crippen LogP contribution in [0.3, 0.4) is 0 Å². The number of anilines is 1. The van der Waals surface area contributed by atoms with Gasteiger partial charge in [-0.25, -0.2) is 4.79 Å². The first-order valence-electron chi connectivity index (χ1n) is 16.3. The van der Waals surface area contributed by atoms with Gasteiger partial charge in [0.05, 0.1) is 0 Å². The molecule has 9 heteroatoms. The molecule has 1 fully saturated rings. The van der Waals surface area contributed by atoms with Crippen LogP contribution in [0.15, 0.2) is 72.9 Å². The number of piperidine rings is 1.